The third-order valence-corrected chi connectivity index (χ3v) is 3.36. The Labute approximate surface area is 91.5 Å². The molecule has 0 spiro atoms. The molecule has 1 aromatic carbocycles. The molecule has 1 saturated carbocycles. The Hall–Kier alpha value is -1.11. The van der Waals surface area contributed by atoms with Crippen LogP contribution < -0.4 is 0 Å². The summed E-state index contributed by atoms with van der Waals surface area (Å²) in [5, 5.41) is 0. The van der Waals surface area contributed by atoms with Gasteiger partial charge >= 0.3 is 0 Å². The molecule has 80 valence electrons. The number of benzene rings is 1. The van der Waals surface area contributed by atoms with Gasteiger partial charge in [-0.15, -0.1) is 0 Å². The van der Waals surface area contributed by atoms with Crippen molar-refractivity contribution in [3.63, 3.8) is 0 Å². The van der Waals surface area contributed by atoms with E-state index in [1.54, 1.807) is 6.92 Å². The van der Waals surface area contributed by atoms with Crippen LogP contribution in [0.15, 0.2) is 24.3 Å². The highest BCUT2D eigenvalue weighted by Crippen LogP contribution is 2.27. The summed E-state index contributed by atoms with van der Waals surface area (Å²) in [5.41, 5.74) is 2.21. The van der Waals surface area contributed by atoms with Gasteiger partial charge < -0.3 is 0 Å². The van der Waals surface area contributed by atoms with Gasteiger partial charge in [0.15, 0.2) is 5.78 Å². The van der Waals surface area contributed by atoms with Gasteiger partial charge in [-0.2, -0.15) is 0 Å². The van der Waals surface area contributed by atoms with Crippen LogP contribution in [0.2, 0.25) is 0 Å². The van der Waals surface area contributed by atoms with Crippen LogP contribution in [-0.4, -0.2) is 5.78 Å². The number of hydrogen-bond acceptors (Lipinski definition) is 1. The predicted molar refractivity (Wildman–Crippen MR) is 62.1 cm³/mol. The Morgan fingerprint density at radius 3 is 2.33 bits per heavy atom. The monoisotopic (exact) mass is 202 g/mol. The van der Waals surface area contributed by atoms with Gasteiger partial charge in [0.1, 0.15) is 0 Å². The van der Waals surface area contributed by atoms with E-state index in [2.05, 4.69) is 12.1 Å². The first kappa shape index (κ1) is 10.4. The maximum atomic E-state index is 11.1. The molecule has 1 aliphatic rings. The standard InChI is InChI=1S/C14H18O/c1-11(15)14-8-6-13(7-9-14)10-12-4-2-3-5-12/h6-9,12H,2-5,10H2,1H3. The van der Waals surface area contributed by atoms with Gasteiger partial charge in [0.25, 0.3) is 0 Å². The van der Waals surface area contributed by atoms with E-state index in [1.807, 2.05) is 12.1 Å². The Balaban J connectivity index is 2.00. The second-order valence-electron chi connectivity index (χ2n) is 4.61. The van der Waals surface area contributed by atoms with E-state index in [0.29, 0.717) is 0 Å². The highest BCUT2D eigenvalue weighted by atomic mass is 16.1. The van der Waals surface area contributed by atoms with Crippen LogP contribution in [0.1, 0.15) is 48.5 Å². The molecule has 1 aromatic rings. The van der Waals surface area contributed by atoms with Crippen molar-refractivity contribution in [2.45, 2.75) is 39.0 Å². The molecule has 1 aliphatic carbocycles. The lowest BCUT2D eigenvalue weighted by Gasteiger charge is -2.08. The summed E-state index contributed by atoms with van der Waals surface area (Å²) in [6.45, 7) is 1.62. The van der Waals surface area contributed by atoms with Crippen molar-refractivity contribution in [1.82, 2.24) is 0 Å². The zero-order valence-corrected chi connectivity index (χ0v) is 9.33. The average Bonchev–Trinajstić information content (AvgIpc) is 2.71. The number of hydrogen-bond donors (Lipinski definition) is 0. The Morgan fingerprint density at radius 1 is 1.20 bits per heavy atom. The van der Waals surface area contributed by atoms with Gasteiger partial charge in [-0.25, -0.2) is 0 Å². The van der Waals surface area contributed by atoms with Crippen molar-refractivity contribution in [3.8, 4) is 0 Å². The molecule has 1 nitrogen and oxygen atoms in total. The third-order valence-electron chi connectivity index (χ3n) is 3.36. The van der Waals surface area contributed by atoms with Gasteiger partial charge in [-0.1, -0.05) is 49.9 Å². The van der Waals surface area contributed by atoms with Crippen LogP contribution in [0.3, 0.4) is 0 Å². The van der Waals surface area contributed by atoms with Crippen LogP contribution >= 0.6 is 0 Å². The lowest BCUT2D eigenvalue weighted by Crippen LogP contribution is -1.99. The highest BCUT2D eigenvalue weighted by molar-refractivity contribution is 5.93. The highest BCUT2D eigenvalue weighted by Gasteiger charge is 2.15. The molecule has 0 radical (unpaired) electrons. The molecular formula is C14H18O. The molecule has 0 unspecified atom stereocenters. The minimum Gasteiger partial charge on any atom is -0.295 e. The first-order chi connectivity index (χ1) is 7.25. The summed E-state index contributed by atoms with van der Waals surface area (Å²) in [4.78, 5) is 11.1. The summed E-state index contributed by atoms with van der Waals surface area (Å²) in [7, 11) is 0. The fraction of sp³-hybridized carbons (Fsp3) is 0.500. The number of carbonyl (C=O) groups is 1. The molecule has 0 N–H and O–H groups in total. The van der Waals surface area contributed by atoms with E-state index in [9.17, 15) is 4.79 Å². The molecule has 2 rings (SSSR count). The van der Waals surface area contributed by atoms with E-state index < -0.39 is 0 Å². The maximum absolute atomic E-state index is 11.1. The zero-order valence-electron chi connectivity index (χ0n) is 9.33. The summed E-state index contributed by atoms with van der Waals surface area (Å²) in [5.74, 6) is 1.04. The molecular weight excluding hydrogens is 184 g/mol. The number of ketones is 1. The minimum atomic E-state index is 0.155. The normalized spacial score (nSPS) is 16.9. The minimum absolute atomic E-state index is 0.155. The van der Waals surface area contributed by atoms with Crippen molar-refractivity contribution in [3.05, 3.63) is 35.4 Å². The van der Waals surface area contributed by atoms with Crippen LogP contribution in [0, 0.1) is 5.92 Å². The molecule has 0 bridgehead atoms. The summed E-state index contributed by atoms with van der Waals surface area (Å²) in [6.07, 6.45) is 6.76. The molecule has 1 heteroatoms. The third kappa shape index (κ3) is 2.68. The maximum Gasteiger partial charge on any atom is 0.159 e. The molecule has 0 heterocycles. The van der Waals surface area contributed by atoms with Gasteiger partial charge in [-0.3, -0.25) is 4.79 Å². The Morgan fingerprint density at radius 2 is 1.80 bits per heavy atom. The van der Waals surface area contributed by atoms with Crippen LogP contribution in [0.25, 0.3) is 0 Å². The molecule has 0 aromatic heterocycles. The van der Waals surface area contributed by atoms with Gasteiger partial charge in [-0.05, 0) is 24.8 Å². The van der Waals surface area contributed by atoms with Gasteiger partial charge in [0.2, 0.25) is 0 Å². The van der Waals surface area contributed by atoms with E-state index in [4.69, 9.17) is 0 Å². The second-order valence-corrected chi connectivity index (χ2v) is 4.61. The number of carbonyl (C=O) groups excluding carboxylic acids is 1. The lowest BCUT2D eigenvalue weighted by molar-refractivity contribution is 0.101. The zero-order chi connectivity index (χ0) is 10.7. The Bertz CT molecular complexity index is 331. The van der Waals surface area contributed by atoms with Crippen molar-refractivity contribution in [2.24, 2.45) is 5.92 Å². The molecule has 0 aliphatic heterocycles. The number of rotatable bonds is 3. The van der Waals surface area contributed by atoms with E-state index in [-0.39, 0.29) is 5.78 Å². The summed E-state index contributed by atoms with van der Waals surface area (Å²) < 4.78 is 0. The SMILES string of the molecule is CC(=O)c1ccc(CC2CCCC2)cc1. The molecule has 0 saturated heterocycles. The molecule has 0 amide bonds. The fourth-order valence-electron chi connectivity index (χ4n) is 2.42. The topological polar surface area (TPSA) is 17.1 Å². The summed E-state index contributed by atoms with van der Waals surface area (Å²) in [6, 6.07) is 8.11. The van der Waals surface area contributed by atoms with E-state index in [0.717, 1.165) is 11.5 Å². The number of Topliss-reactive ketones (excluding diaryl/α,β-unsaturated/α-hetero) is 1. The van der Waals surface area contributed by atoms with E-state index >= 15 is 0 Å². The van der Waals surface area contributed by atoms with Crippen LogP contribution in [-0.2, 0) is 6.42 Å². The van der Waals surface area contributed by atoms with Crippen molar-refractivity contribution in [2.75, 3.05) is 0 Å². The van der Waals surface area contributed by atoms with Crippen molar-refractivity contribution < 1.29 is 4.79 Å². The molecule has 15 heavy (non-hydrogen) atoms. The Kier molecular flexibility index (Phi) is 3.20. The van der Waals surface area contributed by atoms with Crippen LogP contribution in [0.4, 0.5) is 0 Å². The lowest BCUT2D eigenvalue weighted by atomic mass is 9.97. The average molecular weight is 202 g/mol. The van der Waals surface area contributed by atoms with Crippen molar-refractivity contribution in [1.29, 1.82) is 0 Å². The van der Waals surface area contributed by atoms with E-state index in [1.165, 1.54) is 37.7 Å². The largest absolute Gasteiger partial charge is 0.295 e. The van der Waals surface area contributed by atoms with Gasteiger partial charge in [0.05, 0.1) is 0 Å². The first-order valence-corrected chi connectivity index (χ1v) is 5.85. The predicted octanol–water partition coefficient (Wildman–Crippen LogP) is 3.62. The van der Waals surface area contributed by atoms with Crippen molar-refractivity contribution >= 4 is 5.78 Å². The smallest absolute Gasteiger partial charge is 0.159 e. The molecule has 1 fully saturated rings. The first-order valence-electron chi connectivity index (χ1n) is 5.85. The van der Waals surface area contributed by atoms with Crippen LogP contribution in [0.5, 0.6) is 0 Å². The summed E-state index contributed by atoms with van der Waals surface area (Å²) >= 11 is 0. The fourth-order valence-corrected chi connectivity index (χ4v) is 2.42. The quantitative estimate of drug-likeness (QED) is 0.684. The second kappa shape index (κ2) is 4.61. The van der Waals surface area contributed by atoms with Gasteiger partial charge in [0, 0.05) is 5.56 Å². The molecule has 0 atom stereocenters.